The third kappa shape index (κ3) is 4.90. The van der Waals surface area contributed by atoms with E-state index < -0.39 is 0 Å². The number of amides is 1. The number of nitrogens with zero attached hydrogens (tertiary/aromatic N) is 7. The van der Waals surface area contributed by atoms with Gasteiger partial charge in [0.05, 0.1) is 12.6 Å². The molecule has 210 valence electrons. The number of carbonyl (C=O) groups is 1. The Morgan fingerprint density at radius 1 is 1.07 bits per heavy atom. The summed E-state index contributed by atoms with van der Waals surface area (Å²) in [5.41, 5.74) is 2.80. The number of methoxy groups -OCH3 is 1. The minimum Gasteiger partial charge on any atom is -0.447 e. The minimum atomic E-state index is -0.379. The van der Waals surface area contributed by atoms with Gasteiger partial charge in [-0.05, 0) is 50.4 Å². The van der Waals surface area contributed by atoms with Gasteiger partial charge >= 0.3 is 6.09 Å². The van der Waals surface area contributed by atoms with Crippen molar-refractivity contribution in [2.75, 3.05) is 80.1 Å². The molecule has 0 aliphatic carbocycles. The molecule has 3 aromatic rings. The number of piperazine rings is 1. The van der Waals surface area contributed by atoms with Crippen LogP contribution in [0.2, 0.25) is 0 Å². The third-order valence-electron chi connectivity index (χ3n) is 7.96. The smallest absolute Gasteiger partial charge is 0.415 e. The molecule has 2 aromatic heterocycles. The number of hydrogen-bond donors (Lipinski definition) is 1. The van der Waals surface area contributed by atoms with Crippen LogP contribution < -0.4 is 20.0 Å². The Bertz CT molecular complexity index is 1380. The fourth-order valence-corrected chi connectivity index (χ4v) is 5.69. The number of pyridine rings is 1. The molecule has 0 radical (unpaired) electrons. The topological polar surface area (TPSA) is 99.2 Å². The molecule has 2 saturated heterocycles. The summed E-state index contributed by atoms with van der Waals surface area (Å²) >= 11 is 0. The molecule has 1 unspecified atom stereocenters. The highest BCUT2D eigenvalue weighted by Gasteiger charge is 2.42. The highest BCUT2D eigenvalue weighted by molar-refractivity contribution is 5.89. The maximum absolute atomic E-state index is 12.3. The molecule has 6 rings (SSSR count). The number of ether oxygens (including phenoxy) is 2. The molecular formula is C29H36N8O3. The van der Waals surface area contributed by atoms with Crippen LogP contribution in [0, 0.1) is 0 Å². The molecule has 11 heteroatoms. The number of carbonyl (C=O) groups excluding carboxylic acids is 1. The van der Waals surface area contributed by atoms with Crippen LogP contribution in [0.1, 0.15) is 19.4 Å². The van der Waals surface area contributed by atoms with Crippen molar-refractivity contribution in [1.29, 1.82) is 0 Å². The highest BCUT2D eigenvalue weighted by Crippen LogP contribution is 2.43. The summed E-state index contributed by atoms with van der Waals surface area (Å²) in [7, 11) is 3.87. The first-order valence-corrected chi connectivity index (χ1v) is 13.7. The van der Waals surface area contributed by atoms with Crippen molar-refractivity contribution in [3.63, 3.8) is 0 Å². The van der Waals surface area contributed by atoms with Crippen LogP contribution in [0.25, 0.3) is 0 Å². The van der Waals surface area contributed by atoms with E-state index in [1.165, 1.54) is 5.69 Å². The number of benzene rings is 1. The van der Waals surface area contributed by atoms with Crippen molar-refractivity contribution in [1.82, 2.24) is 19.9 Å². The second kappa shape index (κ2) is 10.5. The number of hydrogen-bond acceptors (Lipinski definition) is 10. The van der Waals surface area contributed by atoms with Gasteiger partial charge in [0, 0.05) is 68.4 Å². The Balaban J connectivity index is 1.27. The van der Waals surface area contributed by atoms with Crippen LogP contribution in [-0.4, -0.2) is 92.1 Å². The summed E-state index contributed by atoms with van der Waals surface area (Å²) in [5, 5.41) is 3.37. The first kappa shape index (κ1) is 26.3. The van der Waals surface area contributed by atoms with Gasteiger partial charge < -0.3 is 29.5 Å². The number of likely N-dealkylation sites (N-methyl/N-ethyl adjacent to an activating group) is 1. The number of rotatable bonds is 7. The molecule has 40 heavy (non-hydrogen) atoms. The van der Waals surface area contributed by atoms with Crippen molar-refractivity contribution >= 4 is 40.9 Å². The standard InChI is InChI=1S/C29H36N8O3/c1-20-17-40-28(38)37(20)25-7-5-6-24(32-25)36-18-29(2,19-39-4)23-16-30-27(33-26(23)36)31-21-8-10-22(11-9-21)35-14-12-34(3)13-15-35/h5-11,16,20H,12-15,17-19H2,1-4H3,(H,30,31,33)/t20-,29?/m0/s1. The van der Waals surface area contributed by atoms with Gasteiger partial charge in [-0.2, -0.15) is 4.98 Å². The molecule has 5 heterocycles. The molecule has 1 amide bonds. The van der Waals surface area contributed by atoms with E-state index in [1.54, 1.807) is 12.0 Å². The van der Waals surface area contributed by atoms with Crippen LogP contribution in [0.3, 0.4) is 0 Å². The van der Waals surface area contributed by atoms with Crippen molar-refractivity contribution in [3.8, 4) is 0 Å². The van der Waals surface area contributed by atoms with E-state index in [-0.39, 0.29) is 17.6 Å². The molecule has 3 aliphatic heterocycles. The molecule has 11 nitrogen and oxygen atoms in total. The first-order chi connectivity index (χ1) is 19.3. The number of anilines is 6. The molecule has 3 aliphatic rings. The zero-order valence-corrected chi connectivity index (χ0v) is 23.5. The van der Waals surface area contributed by atoms with Crippen molar-refractivity contribution in [3.05, 3.63) is 54.2 Å². The lowest BCUT2D eigenvalue weighted by Crippen LogP contribution is -2.44. The summed E-state index contributed by atoms with van der Waals surface area (Å²) in [5.74, 6) is 2.53. The van der Waals surface area contributed by atoms with Gasteiger partial charge in [0.1, 0.15) is 24.1 Å². The summed E-state index contributed by atoms with van der Waals surface area (Å²) in [6.45, 7) is 9.76. The van der Waals surface area contributed by atoms with E-state index in [4.69, 9.17) is 19.4 Å². The molecule has 1 N–H and O–H groups in total. The van der Waals surface area contributed by atoms with E-state index in [2.05, 4.69) is 63.2 Å². The monoisotopic (exact) mass is 544 g/mol. The predicted molar refractivity (Wildman–Crippen MR) is 155 cm³/mol. The molecule has 0 spiro atoms. The van der Waals surface area contributed by atoms with Gasteiger partial charge in [-0.15, -0.1) is 0 Å². The Hall–Kier alpha value is -3.96. The van der Waals surface area contributed by atoms with Crippen molar-refractivity contribution in [2.24, 2.45) is 0 Å². The molecular weight excluding hydrogens is 508 g/mol. The molecule has 0 saturated carbocycles. The summed E-state index contributed by atoms with van der Waals surface area (Å²) in [4.78, 5) is 35.2. The second-order valence-electron chi connectivity index (χ2n) is 11.1. The van der Waals surface area contributed by atoms with Crippen LogP contribution in [0.4, 0.5) is 39.6 Å². The predicted octanol–water partition coefficient (Wildman–Crippen LogP) is 3.77. The van der Waals surface area contributed by atoms with Gasteiger partial charge in [0.15, 0.2) is 0 Å². The van der Waals surface area contributed by atoms with Gasteiger partial charge in [0.2, 0.25) is 5.95 Å². The molecule has 2 atom stereocenters. The van der Waals surface area contributed by atoms with Crippen LogP contribution in [0.15, 0.2) is 48.7 Å². The van der Waals surface area contributed by atoms with Gasteiger partial charge in [-0.25, -0.2) is 14.8 Å². The zero-order chi connectivity index (χ0) is 27.9. The summed E-state index contributed by atoms with van der Waals surface area (Å²) in [6, 6.07) is 14.0. The molecule has 0 bridgehead atoms. The Labute approximate surface area is 234 Å². The average Bonchev–Trinajstić information content (AvgIpc) is 3.45. The normalized spacial score (nSPS) is 22.9. The van der Waals surface area contributed by atoms with E-state index in [0.29, 0.717) is 37.3 Å². The van der Waals surface area contributed by atoms with Gasteiger partial charge in [0.25, 0.3) is 0 Å². The maximum Gasteiger partial charge on any atom is 0.415 e. The number of cyclic esters (lactones) is 1. The summed E-state index contributed by atoms with van der Waals surface area (Å²) in [6.07, 6.45) is 1.50. The summed E-state index contributed by atoms with van der Waals surface area (Å²) < 4.78 is 10.8. The zero-order valence-electron chi connectivity index (χ0n) is 23.5. The largest absolute Gasteiger partial charge is 0.447 e. The fourth-order valence-electron chi connectivity index (χ4n) is 5.69. The number of fused-ring (bicyclic) bond motifs is 1. The second-order valence-corrected chi connectivity index (χ2v) is 11.1. The van der Waals surface area contributed by atoms with Crippen LogP contribution in [-0.2, 0) is 14.9 Å². The maximum atomic E-state index is 12.3. The lowest BCUT2D eigenvalue weighted by molar-refractivity contribution is 0.145. The van der Waals surface area contributed by atoms with Gasteiger partial charge in [-0.3, -0.25) is 4.90 Å². The lowest BCUT2D eigenvalue weighted by atomic mass is 9.87. The number of nitrogens with one attached hydrogen (secondary N) is 1. The first-order valence-electron chi connectivity index (χ1n) is 13.7. The Morgan fingerprint density at radius 2 is 1.82 bits per heavy atom. The number of aromatic nitrogens is 3. The van der Waals surface area contributed by atoms with Gasteiger partial charge in [-0.1, -0.05) is 13.0 Å². The van der Waals surface area contributed by atoms with Crippen LogP contribution >= 0.6 is 0 Å². The van der Waals surface area contributed by atoms with Crippen molar-refractivity contribution in [2.45, 2.75) is 25.3 Å². The SMILES string of the molecule is COCC1(C)CN(c2cccc(N3C(=O)OC[C@@H]3C)n2)c2nc(Nc3ccc(N4CCN(C)CC4)cc3)ncc21. The Kier molecular flexibility index (Phi) is 6.93. The average molecular weight is 545 g/mol. The Morgan fingerprint density at radius 3 is 2.52 bits per heavy atom. The van der Waals surface area contributed by atoms with E-state index in [1.807, 2.05) is 31.3 Å². The quantitative estimate of drug-likeness (QED) is 0.473. The minimum absolute atomic E-state index is 0.0827. The van der Waals surface area contributed by atoms with E-state index >= 15 is 0 Å². The van der Waals surface area contributed by atoms with E-state index in [9.17, 15) is 4.79 Å². The molecule has 1 aromatic carbocycles. The third-order valence-corrected chi connectivity index (χ3v) is 7.96. The lowest BCUT2D eigenvalue weighted by Gasteiger charge is -2.34. The highest BCUT2D eigenvalue weighted by atomic mass is 16.6. The van der Waals surface area contributed by atoms with E-state index in [0.717, 1.165) is 43.2 Å². The fraction of sp³-hybridized carbons (Fsp3) is 0.448. The van der Waals surface area contributed by atoms with Crippen LogP contribution in [0.5, 0.6) is 0 Å². The van der Waals surface area contributed by atoms with Crippen molar-refractivity contribution < 1.29 is 14.3 Å². The molecule has 2 fully saturated rings.